The van der Waals surface area contributed by atoms with Gasteiger partial charge in [-0.15, -0.1) is 0 Å². The Hall–Kier alpha value is -1.87. The first-order chi connectivity index (χ1) is 9.16. The Bertz CT molecular complexity index is 620. The lowest BCUT2D eigenvalue weighted by Crippen LogP contribution is -2.33. The fraction of sp³-hybridized carbons (Fsp3) is 0.455. The Labute approximate surface area is 116 Å². The molecule has 0 saturated carbocycles. The summed E-state index contributed by atoms with van der Waals surface area (Å²) in [4.78, 5) is 23.9. The molecule has 0 atom stereocenters. The van der Waals surface area contributed by atoms with Gasteiger partial charge in [0.25, 0.3) is 5.91 Å². The van der Waals surface area contributed by atoms with E-state index < -0.39 is 21.9 Å². The third-order valence-corrected chi connectivity index (χ3v) is 3.67. The summed E-state index contributed by atoms with van der Waals surface area (Å²) in [6.45, 7) is 2.09. The van der Waals surface area contributed by atoms with E-state index in [4.69, 9.17) is 10.2 Å². The maximum absolute atomic E-state index is 12.2. The first-order valence-corrected chi connectivity index (χ1v) is 7.41. The quantitative estimate of drug-likeness (QED) is 0.741. The van der Waals surface area contributed by atoms with E-state index in [2.05, 4.69) is 0 Å². The number of carboxylic acid groups (broad SMARTS) is 1. The van der Waals surface area contributed by atoms with Crippen molar-refractivity contribution in [2.45, 2.75) is 18.2 Å². The van der Waals surface area contributed by atoms with Crippen molar-refractivity contribution in [3.63, 3.8) is 0 Å². The summed E-state index contributed by atoms with van der Waals surface area (Å²) in [5.41, 5.74) is 0.140. The van der Waals surface area contributed by atoms with Crippen molar-refractivity contribution in [3.8, 4) is 0 Å². The highest BCUT2D eigenvalue weighted by Gasteiger charge is 2.21. The van der Waals surface area contributed by atoms with Gasteiger partial charge in [0.05, 0.1) is 6.42 Å². The third kappa shape index (κ3) is 3.81. The highest BCUT2D eigenvalue weighted by Crippen LogP contribution is 2.14. The highest BCUT2D eigenvalue weighted by molar-refractivity contribution is 7.89. The van der Waals surface area contributed by atoms with Crippen LogP contribution in [0.25, 0.3) is 0 Å². The van der Waals surface area contributed by atoms with Crippen LogP contribution in [0, 0.1) is 0 Å². The molecule has 0 saturated heterocycles. The molecule has 1 amide bonds. The Morgan fingerprint density at radius 3 is 2.45 bits per heavy atom. The molecule has 1 aromatic rings. The zero-order valence-corrected chi connectivity index (χ0v) is 12.1. The summed E-state index contributed by atoms with van der Waals surface area (Å²) >= 11 is 0. The average Bonchev–Trinajstić information content (AvgIpc) is 2.71. The van der Waals surface area contributed by atoms with Gasteiger partial charge in [-0.25, -0.2) is 13.6 Å². The minimum Gasteiger partial charge on any atom is -0.481 e. The van der Waals surface area contributed by atoms with Crippen molar-refractivity contribution in [2.75, 3.05) is 13.1 Å². The number of nitrogens with two attached hydrogens (primary N) is 1. The van der Waals surface area contributed by atoms with Crippen LogP contribution in [0.5, 0.6) is 0 Å². The number of primary sulfonamides is 1. The van der Waals surface area contributed by atoms with Gasteiger partial charge in [0, 0.05) is 26.3 Å². The standard InChI is InChI=1S/C11H17N3O5S/c1-3-14(5-4-10(15)16)11(17)9-6-8(7-13(9)2)20(12,18)19/h6-7H,3-5H2,1-2H3,(H,15,16)(H2,12,18,19). The number of amides is 1. The van der Waals surface area contributed by atoms with Gasteiger partial charge in [0.2, 0.25) is 10.0 Å². The number of carbonyl (C=O) groups is 2. The van der Waals surface area contributed by atoms with Gasteiger partial charge in [0.15, 0.2) is 0 Å². The number of hydrogen-bond donors (Lipinski definition) is 2. The van der Waals surface area contributed by atoms with Crippen LogP contribution in [-0.2, 0) is 21.9 Å². The lowest BCUT2D eigenvalue weighted by Gasteiger charge is -2.20. The molecule has 0 aliphatic rings. The molecule has 1 heterocycles. The SMILES string of the molecule is CCN(CCC(=O)O)C(=O)c1cc(S(N)(=O)=O)cn1C. The number of hydrogen-bond acceptors (Lipinski definition) is 4. The molecule has 112 valence electrons. The van der Waals surface area contributed by atoms with Gasteiger partial charge in [-0.1, -0.05) is 0 Å². The lowest BCUT2D eigenvalue weighted by molar-refractivity contribution is -0.137. The summed E-state index contributed by atoms with van der Waals surface area (Å²) in [5.74, 6) is -1.44. The van der Waals surface area contributed by atoms with Crippen LogP contribution in [-0.4, -0.2) is 48.0 Å². The molecule has 0 unspecified atom stereocenters. The maximum atomic E-state index is 12.2. The van der Waals surface area contributed by atoms with Crippen LogP contribution in [0.1, 0.15) is 23.8 Å². The molecule has 1 rings (SSSR count). The minimum absolute atomic E-state index is 0.0561. The van der Waals surface area contributed by atoms with E-state index >= 15 is 0 Å². The van der Waals surface area contributed by atoms with Crippen LogP contribution in [0.15, 0.2) is 17.2 Å². The summed E-state index contributed by atoms with van der Waals surface area (Å²) in [5, 5.41) is 13.6. The van der Waals surface area contributed by atoms with Crippen LogP contribution in [0.4, 0.5) is 0 Å². The van der Waals surface area contributed by atoms with Crippen LogP contribution >= 0.6 is 0 Å². The molecule has 0 aromatic carbocycles. The predicted molar refractivity (Wildman–Crippen MR) is 70.6 cm³/mol. The Balaban J connectivity index is 3.01. The van der Waals surface area contributed by atoms with Gasteiger partial charge in [0.1, 0.15) is 10.6 Å². The third-order valence-electron chi connectivity index (χ3n) is 2.79. The topological polar surface area (TPSA) is 123 Å². The van der Waals surface area contributed by atoms with Gasteiger partial charge >= 0.3 is 5.97 Å². The molecule has 9 heteroatoms. The predicted octanol–water partition coefficient (Wildman–Crippen LogP) is -0.391. The van der Waals surface area contributed by atoms with Gasteiger partial charge in [-0.2, -0.15) is 0 Å². The summed E-state index contributed by atoms with van der Waals surface area (Å²) in [7, 11) is -2.36. The molecule has 0 spiro atoms. The first kappa shape index (κ1) is 16.2. The smallest absolute Gasteiger partial charge is 0.305 e. The van der Waals surface area contributed by atoms with Crippen LogP contribution < -0.4 is 5.14 Å². The normalized spacial score (nSPS) is 11.3. The lowest BCUT2D eigenvalue weighted by atomic mass is 10.3. The molecule has 1 aromatic heterocycles. The Morgan fingerprint density at radius 2 is 2.05 bits per heavy atom. The maximum Gasteiger partial charge on any atom is 0.305 e. The number of carboxylic acids is 1. The summed E-state index contributed by atoms with van der Waals surface area (Å²) in [6.07, 6.45) is 1.07. The molecule has 0 fully saturated rings. The van der Waals surface area contributed by atoms with Crippen molar-refractivity contribution < 1.29 is 23.1 Å². The van der Waals surface area contributed by atoms with Crippen molar-refractivity contribution >= 4 is 21.9 Å². The van der Waals surface area contributed by atoms with Gasteiger partial charge < -0.3 is 14.6 Å². The zero-order valence-electron chi connectivity index (χ0n) is 11.2. The number of aliphatic carboxylic acids is 1. The molecule has 20 heavy (non-hydrogen) atoms. The molecule has 0 aliphatic heterocycles. The Morgan fingerprint density at radius 1 is 1.45 bits per heavy atom. The van der Waals surface area contributed by atoms with Crippen molar-refractivity contribution in [2.24, 2.45) is 12.2 Å². The van der Waals surface area contributed by atoms with E-state index in [0.717, 1.165) is 0 Å². The van der Waals surface area contributed by atoms with Crippen molar-refractivity contribution in [1.82, 2.24) is 9.47 Å². The number of aryl methyl sites for hydroxylation is 1. The second kappa shape index (κ2) is 6.06. The Kier molecular flexibility index (Phi) is 4.90. The minimum atomic E-state index is -3.88. The zero-order chi connectivity index (χ0) is 15.5. The summed E-state index contributed by atoms with van der Waals surface area (Å²) < 4.78 is 23.8. The van der Waals surface area contributed by atoms with E-state index in [9.17, 15) is 18.0 Å². The van der Waals surface area contributed by atoms with E-state index in [0.29, 0.717) is 6.54 Å². The van der Waals surface area contributed by atoms with Crippen LogP contribution in [0.3, 0.4) is 0 Å². The molecule has 0 radical (unpaired) electrons. The first-order valence-electron chi connectivity index (χ1n) is 5.87. The number of sulfonamides is 1. The van der Waals surface area contributed by atoms with Crippen LogP contribution in [0.2, 0.25) is 0 Å². The summed E-state index contributed by atoms with van der Waals surface area (Å²) in [6, 6.07) is 1.18. The van der Waals surface area contributed by atoms with E-state index in [-0.39, 0.29) is 23.6 Å². The second-order valence-corrected chi connectivity index (χ2v) is 5.81. The molecule has 0 aliphatic carbocycles. The van der Waals surface area contributed by atoms with E-state index in [1.165, 1.54) is 28.8 Å². The van der Waals surface area contributed by atoms with Gasteiger partial charge in [-0.05, 0) is 13.0 Å². The molecule has 0 bridgehead atoms. The number of aromatic nitrogens is 1. The number of carbonyl (C=O) groups excluding carboxylic acids is 1. The second-order valence-electron chi connectivity index (χ2n) is 4.25. The highest BCUT2D eigenvalue weighted by atomic mass is 32.2. The number of rotatable bonds is 6. The largest absolute Gasteiger partial charge is 0.481 e. The van der Waals surface area contributed by atoms with Crippen molar-refractivity contribution in [3.05, 3.63) is 18.0 Å². The van der Waals surface area contributed by atoms with Gasteiger partial charge in [-0.3, -0.25) is 9.59 Å². The molecular weight excluding hydrogens is 286 g/mol. The molecular formula is C11H17N3O5S. The monoisotopic (exact) mass is 303 g/mol. The molecule has 8 nitrogen and oxygen atoms in total. The fourth-order valence-corrected chi connectivity index (χ4v) is 2.28. The fourth-order valence-electron chi connectivity index (χ4n) is 1.70. The van der Waals surface area contributed by atoms with Crippen molar-refractivity contribution in [1.29, 1.82) is 0 Å². The van der Waals surface area contributed by atoms with E-state index in [1.54, 1.807) is 6.92 Å². The van der Waals surface area contributed by atoms with E-state index in [1.807, 2.05) is 0 Å². The number of nitrogens with zero attached hydrogens (tertiary/aromatic N) is 2. The average molecular weight is 303 g/mol. The molecule has 3 N–H and O–H groups in total.